The Bertz CT molecular complexity index is 2330. The van der Waals surface area contributed by atoms with Gasteiger partial charge in [-0.15, -0.1) is 0 Å². The van der Waals surface area contributed by atoms with Crippen LogP contribution in [0.25, 0.3) is 44.5 Å². The Morgan fingerprint density at radius 3 is 1.74 bits per heavy atom. The first-order chi connectivity index (χ1) is 24.6. The van der Waals surface area contributed by atoms with E-state index in [0.29, 0.717) is 0 Å². The molecule has 0 bridgehead atoms. The van der Waals surface area contributed by atoms with Crippen molar-refractivity contribution in [1.82, 2.24) is 0 Å². The number of fused-ring (bicyclic) bond motifs is 4. The smallest absolute Gasteiger partial charge is 0.0543 e. The normalized spacial score (nSPS) is 14.0. The fraction of sp³-hybridized carbons (Fsp3) is 0.143. The monoisotopic (exact) mass is 643 g/mol. The van der Waals surface area contributed by atoms with Crippen LogP contribution < -0.4 is 4.90 Å². The van der Waals surface area contributed by atoms with Gasteiger partial charge < -0.3 is 4.90 Å². The maximum atomic E-state index is 2.52. The fourth-order valence-electron chi connectivity index (χ4n) is 8.57. The van der Waals surface area contributed by atoms with Crippen molar-refractivity contribution in [3.05, 3.63) is 186 Å². The summed E-state index contributed by atoms with van der Waals surface area (Å²) in [4.78, 5) is 2.49. The Morgan fingerprint density at radius 1 is 0.420 bits per heavy atom. The molecule has 0 aromatic heterocycles. The lowest BCUT2D eigenvalue weighted by Gasteiger charge is -2.31. The van der Waals surface area contributed by atoms with Crippen LogP contribution in [0.2, 0.25) is 0 Å². The van der Waals surface area contributed by atoms with Gasteiger partial charge in [-0.2, -0.15) is 0 Å². The predicted octanol–water partition coefficient (Wildman–Crippen LogP) is 13.3. The van der Waals surface area contributed by atoms with E-state index in [4.69, 9.17) is 0 Å². The first kappa shape index (κ1) is 30.4. The van der Waals surface area contributed by atoms with Gasteiger partial charge in [-0.05, 0) is 123 Å². The quantitative estimate of drug-likeness (QED) is 0.174. The topological polar surface area (TPSA) is 3.24 Å². The number of anilines is 3. The van der Waals surface area contributed by atoms with Crippen molar-refractivity contribution in [3.8, 4) is 44.5 Å². The number of rotatable bonds is 6. The van der Waals surface area contributed by atoms with Crippen LogP contribution in [0.1, 0.15) is 48.9 Å². The van der Waals surface area contributed by atoms with E-state index in [1.165, 1.54) is 85.3 Å². The Balaban J connectivity index is 1.26. The van der Waals surface area contributed by atoms with Crippen LogP contribution in [0, 0.1) is 0 Å². The van der Waals surface area contributed by atoms with Gasteiger partial charge in [0.15, 0.2) is 0 Å². The van der Waals surface area contributed by atoms with E-state index < -0.39 is 0 Å². The van der Waals surface area contributed by atoms with Crippen LogP contribution in [-0.2, 0) is 18.3 Å². The summed E-state index contributed by atoms with van der Waals surface area (Å²) < 4.78 is 0. The zero-order valence-electron chi connectivity index (χ0n) is 28.9. The van der Waals surface area contributed by atoms with Crippen LogP contribution in [0.4, 0.5) is 17.1 Å². The highest BCUT2D eigenvalue weighted by Gasteiger charge is 2.37. The van der Waals surface area contributed by atoms with Crippen molar-refractivity contribution in [3.63, 3.8) is 0 Å². The Hall–Kier alpha value is -5.66. The summed E-state index contributed by atoms with van der Waals surface area (Å²) in [7, 11) is 0. The predicted molar refractivity (Wildman–Crippen MR) is 212 cm³/mol. The Morgan fingerprint density at radius 2 is 1.00 bits per heavy atom. The number of hydrogen-bond donors (Lipinski definition) is 0. The highest BCUT2D eigenvalue weighted by molar-refractivity contribution is 5.96. The summed E-state index contributed by atoms with van der Waals surface area (Å²) in [5.41, 5.74) is 19.6. The maximum Gasteiger partial charge on any atom is 0.0543 e. The lowest BCUT2D eigenvalue weighted by Crippen LogP contribution is -2.17. The van der Waals surface area contributed by atoms with Gasteiger partial charge in [0, 0.05) is 22.4 Å². The van der Waals surface area contributed by atoms with Crippen molar-refractivity contribution in [2.45, 2.75) is 44.9 Å². The van der Waals surface area contributed by atoms with Crippen LogP contribution >= 0.6 is 0 Å². The molecule has 7 aromatic rings. The average molecular weight is 644 g/mol. The van der Waals surface area contributed by atoms with Crippen LogP contribution in [-0.4, -0.2) is 0 Å². The SMILES string of the molecule is CC1(C)c2ccccc2-c2cc(-c3cccc4c3CCCC4)c(N(c3ccccc3)c3ccc(-c4ccccc4-c4ccccc4)cc3)cc21. The molecule has 1 heteroatoms. The van der Waals surface area contributed by atoms with Gasteiger partial charge in [-0.25, -0.2) is 0 Å². The van der Waals surface area contributed by atoms with Gasteiger partial charge in [0.05, 0.1) is 5.69 Å². The number of aryl methyl sites for hydroxylation is 1. The zero-order chi connectivity index (χ0) is 33.7. The largest absolute Gasteiger partial charge is 0.310 e. The molecule has 0 heterocycles. The molecule has 0 saturated carbocycles. The minimum absolute atomic E-state index is 0.108. The van der Waals surface area contributed by atoms with Gasteiger partial charge in [0.1, 0.15) is 0 Å². The molecule has 7 aromatic carbocycles. The highest BCUT2D eigenvalue weighted by Crippen LogP contribution is 2.54. The molecule has 1 nitrogen and oxygen atoms in total. The summed E-state index contributed by atoms with van der Waals surface area (Å²) in [6, 6.07) is 60.6. The van der Waals surface area contributed by atoms with Crippen LogP contribution in [0.5, 0.6) is 0 Å². The molecular weight excluding hydrogens is 603 g/mol. The van der Waals surface area contributed by atoms with Gasteiger partial charge >= 0.3 is 0 Å². The van der Waals surface area contributed by atoms with Crippen molar-refractivity contribution in [1.29, 1.82) is 0 Å². The third-order valence-electron chi connectivity index (χ3n) is 11.1. The molecule has 0 aliphatic heterocycles. The summed E-state index contributed by atoms with van der Waals surface area (Å²) in [6.45, 7) is 4.77. The van der Waals surface area contributed by atoms with Gasteiger partial charge in [0.25, 0.3) is 0 Å². The minimum atomic E-state index is -0.108. The molecule has 0 radical (unpaired) electrons. The van der Waals surface area contributed by atoms with Gasteiger partial charge in [-0.1, -0.05) is 141 Å². The van der Waals surface area contributed by atoms with Crippen molar-refractivity contribution >= 4 is 17.1 Å². The molecule has 0 unspecified atom stereocenters. The van der Waals surface area contributed by atoms with Gasteiger partial charge in [0.2, 0.25) is 0 Å². The first-order valence-corrected chi connectivity index (χ1v) is 18.1. The second-order valence-corrected chi connectivity index (χ2v) is 14.4. The Labute approximate surface area is 296 Å². The van der Waals surface area contributed by atoms with Crippen LogP contribution in [0.3, 0.4) is 0 Å². The molecule has 242 valence electrons. The van der Waals surface area contributed by atoms with E-state index in [2.05, 4.69) is 183 Å². The van der Waals surface area contributed by atoms with E-state index >= 15 is 0 Å². The third kappa shape index (κ3) is 5.08. The average Bonchev–Trinajstić information content (AvgIpc) is 3.40. The van der Waals surface area contributed by atoms with E-state index in [1.54, 1.807) is 0 Å². The molecule has 0 fully saturated rings. The third-order valence-corrected chi connectivity index (χ3v) is 11.1. The van der Waals surface area contributed by atoms with Crippen molar-refractivity contribution in [2.75, 3.05) is 4.90 Å². The minimum Gasteiger partial charge on any atom is -0.310 e. The maximum absolute atomic E-state index is 2.52. The number of nitrogens with zero attached hydrogens (tertiary/aromatic N) is 1. The molecule has 0 N–H and O–H groups in total. The van der Waals surface area contributed by atoms with E-state index in [0.717, 1.165) is 24.2 Å². The molecule has 9 rings (SSSR count). The molecule has 2 aliphatic carbocycles. The summed E-state index contributed by atoms with van der Waals surface area (Å²) in [6.07, 6.45) is 4.80. The standard InChI is InChI=1S/C49H41N/c1-49(2)46-27-14-13-25-43(46)44-32-45(42-26-15-19-35-18-9-10-24-41(35)42)48(33-47(44)49)50(37-20-7-4-8-21-37)38-30-28-36(29-31-38)40-23-12-11-22-39(40)34-16-5-3-6-17-34/h3-8,11-17,19-23,25-33H,9-10,18,24H2,1-2H3. The zero-order valence-corrected chi connectivity index (χ0v) is 28.9. The molecule has 50 heavy (non-hydrogen) atoms. The summed E-state index contributed by atoms with van der Waals surface area (Å²) >= 11 is 0. The second-order valence-electron chi connectivity index (χ2n) is 14.4. The van der Waals surface area contributed by atoms with E-state index in [-0.39, 0.29) is 5.41 Å². The first-order valence-electron chi connectivity index (χ1n) is 18.1. The number of benzene rings is 7. The second kappa shape index (κ2) is 12.3. The summed E-state index contributed by atoms with van der Waals surface area (Å²) in [5, 5.41) is 0. The van der Waals surface area contributed by atoms with E-state index in [1.807, 2.05) is 0 Å². The van der Waals surface area contributed by atoms with Crippen LogP contribution in [0.15, 0.2) is 164 Å². The Kier molecular flexibility index (Phi) is 7.50. The lowest BCUT2D eigenvalue weighted by molar-refractivity contribution is 0.660. The fourth-order valence-corrected chi connectivity index (χ4v) is 8.57. The molecule has 0 atom stereocenters. The van der Waals surface area contributed by atoms with Gasteiger partial charge in [-0.3, -0.25) is 0 Å². The number of hydrogen-bond acceptors (Lipinski definition) is 1. The number of para-hydroxylation sites is 1. The molecule has 0 saturated heterocycles. The molecule has 2 aliphatic rings. The highest BCUT2D eigenvalue weighted by atomic mass is 15.1. The lowest BCUT2D eigenvalue weighted by atomic mass is 9.80. The molecular formula is C49H41N. The van der Waals surface area contributed by atoms with Crippen molar-refractivity contribution < 1.29 is 0 Å². The van der Waals surface area contributed by atoms with Crippen molar-refractivity contribution in [2.24, 2.45) is 0 Å². The summed E-state index contributed by atoms with van der Waals surface area (Å²) in [5.74, 6) is 0. The van der Waals surface area contributed by atoms with E-state index in [9.17, 15) is 0 Å². The molecule has 0 spiro atoms. The molecule has 0 amide bonds.